The molecule has 2 aromatic heterocycles. The fourth-order valence-electron chi connectivity index (χ4n) is 3.07. The maximum absolute atomic E-state index is 12.5. The van der Waals surface area contributed by atoms with Crippen molar-refractivity contribution in [3.8, 4) is 5.69 Å². The number of anilines is 1. The summed E-state index contributed by atoms with van der Waals surface area (Å²) >= 11 is 1.31. The van der Waals surface area contributed by atoms with Crippen molar-refractivity contribution in [3.05, 3.63) is 41.6 Å². The van der Waals surface area contributed by atoms with Crippen molar-refractivity contribution < 1.29 is 4.79 Å². The number of rotatable bonds is 9. The Hall–Kier alpha value is -2.68. The van der Waals surface area contributed by atoms with Gasteiger partial charge >= 0.3 is 0 Å². The van der Waals surface area contributed by atoms with E-state index in [0.29, 0.717) is 11.1 Å². The molecule has 1 amide bonds. The van der Waals surface area contributed by atoms with Gasteiger partial charge in [-0.1, -0.05) is 50.6 Å². The van der Waals surface area contributed by atoms with Gasteiger partial charge in [-0.25, -0.2) is 4.68 Å². The summed E-state index contributed by atoms with van der Waals surface area (Å²) in [5.74, 6) is 1.36. The Morgan fingerprint density at radius 3 is 2.76 bits per heavy atom. The Morgan fingerprint density at radius 2 is 2.00 bits per heavy atom. The molecule has 1 N–H and O–H groups in total. The molecule has 2 heterocycles. The normalized spacial score (nSPS) is 11.2. The molecule has 0 aliphatic rings. The summed E-state index contributed by atoms with van der Waals surface area (Å²) in [7, 11) is 0. The van der Waals surface area contributed by atoms with Crippen molar-refractivity contribution in [2.45, 2.75) is 52.2 Å². The fraction of sp³-hybridized carbons (Fsp3) is 0.450. The number of tetrazole rings is 1. The Balaban J connectivity index is 1.64. The van der Waals surface area contributed by atoms with E-state index in [2.05, 4.69) is 39.8 Å². The molecule has 0 spiro atoms. The molecule has 154 valence electrons. The number of carbonyl (C=O) groups is 1. The largest absolute Gasteiger partial charge is 0.310 e. The Morgan fingerprint density at radius 1 is 1.21 bits per heavy atom. The van der Waals surface area contributed by atoms with E-state index in [1.165, 1.54) is 11.8 Å². The van der Waals surface area contributed by atoms with Crippen LogP contribution in [0.15, 0.2) is 35.6 Å². The van der Waals surface area contributed by atoms with Crippen LogP contribution in [0, 0.1) is 19.8 Å². The van der Waals surface area contributed by atoms with E-state index in [1.807, 2.05) is 42.8 Å². The van der Waals surface area contributed by atoms with Crippen LogP contribution >= 0.6 is 11.8 Å². The molecule has 0 radical (unpaired) electrons. The van der Waals surface area contributed by atoms with Gasteiger partial charge in [-0.05, 0) is 47.4 Å². The number of aromatic nitrogens is 6. The minimum absolute atomic E-state index is 0.114. The van der Waals surface area contributed by atoms with Crippen LogP contribution in [0.2, 0.25) is 0 Å². The van der Waals surface area contributed by atoms with Gasteiger partial charge in [0.1, 0.15) is 5.82 Å². The van der Waals surface area contributed by atoms with Gasteiger partial charge in [-0.15, -0.1) is 5.10 Å². The highest BCUT2D eigenvalue weighted by Gasteiger charge is 2.15. The second-order valence-electron chi connectivity index (χ2n) is 7.01. The number of amides is 1. The van der Waals surface area contributed by atoms with Crippen molar-refractivity contribution >= 4 is 23.5 Å². The predicted octanol–water partition coefficient (Wildman–Crippen LogP) is 3.64. The van der Waals surface area contributed by atoms with Crippen molar-refractivity contribution in [2.24, 2.45) is 5.92 Å². The number of hydrogen-bond acceptors (Lipinski definition) is 6. The number of nitrogens with zero attached hydrogens (tertiary/aromatic N) is 6. The lowest BCUT2D eigenvalue weighted by atomic mass is 10.0. The lowest BCUT2D eigenvalue weighted by Gasteiger charge is -2.15. The zero-order valence-electron chi connectivity index (χ0n) is 17.3. The van der Waals surface area contributed by atoms with Crippen LogP contribution in [-0.4, -0.2) is 41.6 Å². The Labute approximate surface area is 175 Å². The number of nitrogens with one attached hydrogen (secondary N) is 1. The molecule has 8 nitrogen and oxygen atoms in total. The lowest BCUT2D eigenvalue weighted by Crippen LogP contribution is -2.19. The molecule has 0 atom stereocenters. The molecule has 0 bridgehead atoms. The van der Waals surface area contributed by atoms with E-state index >= 15 is 0 Å². The molecule has 0 saturated heterocycles. The van der Waals surface area contributed by atoms with E-state index in [4.69, 9.17) is 0 Å². The second kappa shape index (κ2) is 9.69. The average Bonchev–Trinajstić information content (AvgIpc) is 3.36. The Kier molecular flexibility index (Phi) is 7.03. The van der Waals surface area contributed by atoms with Crippen LogP contribution in [0.4, 0.5) is 5.82 Å². The molecular weight excluding hydrogens is 386 g/mol. The van der Waals surface area contributed by atoms with Gasteiger partial charge in [0.05, 0.1) is 17.6 Å². The van der Waals surface area contributed by atoms with Crippen LogP contribution in [0.3, 0.4) is 0 Å². The van der Waals surface area contributed by atoms with E-state index in [-0.39, 0.29) is 11.7 Å². The van der Waals surface area contributed by atoms with Crippen molar-refractivity contribution in [3.63, 3.8) is 0 Å². The topological polar surface area (TPSA) is 90.5 Å². The first-order valence-electron chi connectivity index (χ1n) is 9.82. The van der Waals surface area contributed by atoms with Gasteiger partial charge in [0.25, 0.3) is 0 Å². The van der Waals surface area contributed by atoms with Gasteiger partial charge in [0, 0.05) is 12.6 Å². The summed E-state index contributed by atoms with van der Waals surface area (Å²) in [4.78, 5) is 12.5. The summed E-state index contributed by atoms with van der Waals surface area (Å²) < 4.78 is 3.54. The zero-order valence-corrected chi connectivity index (χ0v) is 18.1. The van der Waals surface area contributed by atoms with Gasteiger partial charge in [-0.2, -0.15) is 9.78 Å². The molecule has 29 heavy (non-hydrogen) atoms. The third kappa shape index (κ3) is 5.03. The third-order valence-corrected chi connectivity index (χ3v) is 6.07. The SMILES string of the molecule is CCC(CC)Cn1nccc1NC(=O)CSc1nnnn1-c1cccc(C)c1C. The first-order chi connectivity index (χ1) is 14.0. The summed E-state index contributed by atoms with van der Waals surface area (Å²) in [6.07, 6.45) is 3.88. The number of benzene rings is 1. The summed E-state index contributed by atoms with van der Waals surface area (Å²) in [6, 6.07) is 7.82. The standard InChI is InChI=1S/C20H27N7OS/c1-5-16(6-2)12-26-18(10-11-21-26)22-19(28)13-29-20-23-24-25-27(20)17-9-7-8-14(3)15(17)4/h7-11,16H,5-6,12-13H2,1-4H3,(H,22,28). The highest BCUT2D eigenvalue weighted by atomic mass is 32.2. The van der Waals surface area contributed by atoms with Gasteiger partial charge in [0.2, 0.25) is 11.1 Å². The monoisotopic (exact) mass is 413 g/mol. The van der Waals surface area contributed by atoms with Crippen LogP contribution in [0.1, 0.15) is 37.8 Å². The smallest absolute Gasteiger partial charge is 0.235 e. The number of carbonyl (C=O) groups excluding carboxylic acids is 1. The molecule has 0 saturated carbocycles. The van der Waals surface area contributed by atoms with Gasteiger partial charge in [-0.3, -0.25) is 4.79 Å². The van der Waals surface area contributed by atoms with Crippen molar-refractivity contribution in [2.75, 3.05) is 11.1 Å². The predicted molar refractivity (Wildman–Crippen MR) is 114 cm³/mol. The van der Waals surface area contributed by atoms with Crippen LogP contribution in [0.25, 0.3) is 5.69 Å². The Bertz CT molecular complexity index is 961. The number of aryl methyl sites for hydroxylation is 1. The number of thioether (sulfide) groups is 1. The zero-order chi connectivity index (χ0) is 20.8. The molecule has 1 aromatic carbocycles. The van der Waals surface area contributed by atoms with Crippen LogP contribution in [0.5, 0.6) is 0 Å². The highest BCUT2D eigenvalue weighted by molar-refractivity contribution is 7.99. The molecule has 3 rings (SSSR count). The number of hydrogen-bond donors (Lipinski definition) is 1. The van der Waals surface area contributed by atoms with E-state index in [0.717, 1.165) is 42.0 Å². The van der Waals surface area contributed by atoms with E-state index in [9.17, 15) is 4.79 Å². The molecular formula is C20H27N7OS. The minimum Gasteiger partial charge on any atom is -0.310 e. The minimum atomic E-state index is -0.114. The first-order valence-corrected chi connectivity index (χ1v) is 10.8. The fourth-order valence-corrected chi connectivity index (χ4v) is 3.75. The molecule has 0 fully saturated rings. The van der Waals surface area contributed by atoms with Crippen LogP contribution in [-0.2, 0) is 11.3 Å². The molecule has 9 heteroatoms. The van der Waals surface area contributed by atoms with Gasteiger partial charge in [0.15, 0.2) is 0 Å². The van der Waals surface area contributed by atoms with Crippen molar-refractivity contribution in [1.29, 1.82) is 0 Å². The molecule has 0 aliphatic carbocycles. The second-order valence-corrected chi connectivity index (χ2v) is 7.95. The summed E-state index contributed by atoms with van der Waals surface area (Å²) in [6.45, 7) is 9.23. The maximum atomic E-state index is 12.5. The molecule has 0 aliphatic heterocycles. The van der Waals surface area contributed by atoms with E-state index < -0.39 is 0 Å². The maximum Gasteiger partial charge on any atom is 0.235 e. The third-order valence-electron chi connectivity index (χ3n) is 5.15. The van der Waals surface area contributed by atoms with Crippen LogP contribution < -0.4 is 5.32 Å². The summed E-state index contributed by atoms with van der Waals surface area (Å²) in [5, 5.41) is 19.8. The first kappa shape index (κ1) is 21.0. The van der Waals surface area contributed by atoms with Crippen molar-refractivity contribution in [1.82, 2.24) is 30.0 Å². The average molecular weight is 414 g/mol. The molecule has 0 unspecified atom stereocenters. The molecule has 3 aromatic rings. The quantitative estimate of drug-likeness (QED) is 0.539. The van der Waals surface area contributed by atoms with Gasteiger partial charge < -0.3 is 5.32 Å². The summed E-state index contributed by atoms with van der Waals surface area (Å²) in [5.41, 5.74) is 3.19. The lowest BCUT2D eigenvalue weighted by molar-refractivity contribution is -0.113. The van der Waals surface area contributed by atoms with E-state index in [1.54, 1.807) is 10.9 Å². The highest BCUT2D eigenvalue weighted by Crippen LogP contribution is 2.22.